The maximum Gasteiger partial charge on any atom is 0.266 e. The minimum Gasteiger partial charge on any atom is -0.378 e. The van der Waals surface area contributed by atoms with Gasteiger partial charge in [0.25, 0.3) is 5.91 Å². The number of benzene rings is 1. The number of anilines is 2. The fourth-order valence-corrected chi connectivity index (χ4v) is 4.90. The molecule has 0 atom stereocenters. The van der Waals surface area contributed by atoms with Gasteiger partial charge < -0.3 is 15.0 Å². The van der Waals surface area contributed by atoms with Crippen LogP contribution in [0, 0.1) is 25.5 Å². The van der Waals surface area contributed by atoms with Gasteiger partial charge in [-0.05, 0) is 41.4 Å². The minimum atomic E-state index is -0.853. The Labute approximate surface area is 178 Å². The van der Waals surface area contributed by atoms with Crippen LogP contribution < -0.4 is 10.2 Å². The third-order valence-electron chi connectivity index (χ3n) is 4.65. The van der Waals surface area contributed by atoms with Gasteiger partial charge in [0, 0.05) is 23.6 Å². The van der Waals surface area contributed by atoms with Gasteiger partial charge in [-0.25, -0.2) is 18.7 Å². The number of ether oxygens (including phenoxy) is 1. The number of hydrogen-bond donors (Lipinski definition) is 1. The second-order valence-corrected chi connectivity index (χ2v) is 8.48. The molecule has 0 unspecified atom stereocenters. The Bertz CT molecular complexity index is 1090. The Morgan fingerprint density at radius 1 is 1.24 bits per heavy atom. The van der Waals surface area contributed by atoms with Crippen LogP contribution in [-0.2, 0) is 4.74 Å². The van der Waals surface area contributed by atoms with Crippen molar-refractivity contribution in [3.8, 4) is 0 Å². The molecule has 0 bridgehead atoms. The van der Waals surface area contributed by atoms with Crippen LogP contribution >= 0.6 is 27.3 Å². The molecule has 2 aromatic heterocycles. The summed E-state index contributed by atoms with van der Waals surface area (Å²) >= 11 is 4.32. The van der Waals surface area contributed by atoms with Crippen molar-refractivity contribution in [3.05, 3.63) is 44.5 Å². The summed E-state index contributed by atoms with van der Waals surface area (Å²) in [5, 5.41) is 3.35. The lowest BCUT2D eigenvalue weighted by Crippen LogP contribution is -2.37. The average molecular weight is 483 g/mol. The van der Waals surface area contributed by atoms with Crippen LogP contribution in [-0.4, -0.2) is 42.2 Å². The Kier molecular flexibility index (Phi) is 5.50. The van der Waals surface area contributed by atoms with E-state index in [1.807, 2.05) is 13.8 Å². The second kappa shape index (κ2) is 7.92. The quantitative estimate of drug-likeness (QED) is 0.597. The number of fused-ring (bicyclic) bond motifs is 1. The van der Waals surface area contributed by atoms with Crippen LogP contribution in [0.1, 0.15) is 21.1 Å². The second-order valence-electron chi connectivity index (χ2n) is 6.63. The number of aromatic nitrogens is 2. The molecule has 3 aromatic rings. The zero-order valence-electron chi connectivity index (χ0n) is 15.7. The van der Waals surface area contributed by atoms with Gasteiger partial charge in [-0.15, -0.1) is 11.3 Å². The predicted octanol–water partition coefficient (Wildman–Crippen LogP) is 4.44. The summed E-state index contributed by atoms with van der Waals surface area (Å²) in [6.07, 6.45) is 0. The van der Waals surface area contributed by atoms with Crippen LogP contribution in [0.25, 0.3) is 10.2 Å². The highest BCUT2D eigenvalue weighted by atomic mass is 79.9. The van der Waals surface area contributed by atoms with Gasteiger partial charge in [0.2, 0.25) is 0 Å². The summed E-state index contributed by atoms with van der Waals surface area (Å²) in [5.41, 5.74) is 0.617. The number of nitrogens with zero attached hydrogens (tertiary/aromatic N) is 3. The van der Waals surface area contributed by atoms with E-state index in [9.17, 15) is 13.6 Å². The zero-order chi connectivity index (χ0) is 20.7. The molecule has 6 nitrogen and oxygen atoms in total. The largest absolute Gasteiger partial charge is 0.378 e. The summed E-state index contributed by atoms with van der Waals surface area (Å²) in [4.78, 5) is 25.2. The van der Waals surface area contributed by atoms with Gasteiger partial charge in [0.15, 0.2) is 5.82 Å². The number of carbonyl (C=O) groups excluding carboxylic acids is 1. The van der Waals surface area contributed by atoms with Crippen molar-refractivity contribution in [2.45, 2.75) is 13.8 Å². The number of carbonyl (C=O) groups is 1. The topological polar surface area (TPSA) is 67.4 Å². The van der Waals surface area contributed by atoms with E-state index in [-0.39, 0.29) is 10.2 Å². The van der Waals surface area contributed by atoms with Crippen LogP contribution in [0.15, 0.2) is 16.6 Å². The molecule has 10 heteroatoms. The van der Waals surface area contributed by atoms with Gasteiger partial charge in [-0.2, -0.15) is 0 Å². The Morgan fingerprint density at radius 3 is 2.66 bits per heavy atom. The number of aryl methyl sites for hydroxylation is 2. The van der Waals surface area contributed by atoms with Crippen molar-refractivity contribution >= 4 is 54.9 Å². The highest BCUT2D eigenvalue weighted by molar-refractivity contribution is 9.10. The smallest absolute Gasteiger partial charge is 0.266 e. The fourth-order valence-electron chi connectivity index (χ4n) is 3.27. The van der Waals surface area contributed by atoms with Crippen molar-refractivity contribution in [1.29, 1.82) is 0 Å². The Morgan fingerprint density at radius 2 is 1.97 bits per heavy atom. The first-order valence-corrected chi connectivity index (χ1v) is 10.5. The molecule has 1 fully saturated rings. The Balaban J connectivity index is 1.75. The Hall–Kier alpha value is -2.17. The lowest BCUT2D eigenvalue weighted by atomic mass is 10.1. The van der Waals surface area contributed by atoms with Gasteiger partial charge in [-0.3, -0.25) is 4.79 Å². The molecule has 1 aromatic carbocycles. The number of amides is 1. The monoisotopic (exact) mass is 482 g/mol. The maximum atomic E-state index is 14.1. The van der Waals surface area contributed by atoms with Crippen molar-refractivity contribution in [1.82, 2.24) is 9.97 Å². The number of thiophene rings is 1. The van der Waals surface area contributed by atoms with E-state index in [1.54, 1.807) is 0 Å². The van der Waals surface area contributed by atoms with Gasteiger partial charge >= 0.3 is 0 Å². The summed E-state index contributed by atoms with van der Waals surface area (Å²) in [6, 6.07) is 1.82. The molecule has 1 saturated heterocycles. The zero-order valence-corrected chi connectivity index (χ0v) is 18.1. The lowest BCUT2D eigenvalue weighted by Gasteiger charge is -2.28. The number of rotatable bonds is 3. The van der Waals surface area contributed by atoms with Crippen LogP contribution in [0.4, 0.5) is 20.3 Å². The predicted molar refractivity (Wildman–Crippen MR) is 112 cm³/mol. The number of nitrogens with one attached hydrogen (secondary N) is 1. The number of hydrogen-bond acceptors (Lipinski definition) is 6. The van der Waals surface area contributed by atoms with Crippen molar-refractivity contribution < 1.29 is 18.3 Å². The third kappa shape index (κ3) is 3.84. The molecular formula is C19H17BrF2N4O2S. The van der Waals surface area contributed by atoms with E-state index in [2.05, 4.69) is 36.1 Å². The molecule has 29 heavy (non-hydrogen) atoms. The van der Waals surface area contributed by atoms with E-state index >= 15 is 0 Å². The van der Waals surface area contributed by atoms with Crippen LogP contribution in [0.2, 0.25) is 0 Å². The molecule has 1 aliphatic rings. The highest BCUT2D eigenvalue weighted by Gasteiger charge is 2.24. The van der Waals surface area contributed by atoms with Gasteiger partial charge in [-0.1, -0.05) is 0 Å². The molecule has 0 aliphatic carbocycles. The SMILES string of the molecule is Cc1nc(N2CCOCC2)c2c(C)c(C(=O)Nc3c(F)cc(F)cc3Br)sc2n1. The fraction of sp³-hybridized carbons (Fsp3) is 0.316. The van der Waals surface area contributed by atoms with Gasteiger partial charge in [0.1, 0.15) is 22.3 Å². The lowest BCUT2D eigenvalue weighted by molar-refractivity contribution is 0.102. The molecule has 0 spiro atoms. The van der Waals surface area contributed by atoms with E-state index in [0.29, 0.717) is 41.8 Å². The number of morpholine rings is 1. The summed E-state index contributed by atoms with van der Waals surface area (Å²) in [5.74, 6) is -0.681. The molecule has 0 radical (unpaired) electrons. The van der Waals surface area contributed by atoms with Crippen molar-refractivity contribution in [3.63, 3.8) is 0 Å². The molecule has 0 saturated carbocycles. The average Bonchev–Trinajstić information content (AvgIpc) is 3.01. The normalized spacial score (nSPS) is 14.4. The van der Waals surface area contributed by atoms with Gasteiger partial charge in [0.05, 0.1) is 29.2 Å². The molecule has 3 heterocycles. The van der Waals surface area contributed by atoms with E-state index in [4.69, 9.17) is 4.74 Å². The number of halogens is 3. The standard InChI is InChI=1S/C19H17BrF2N4O2S/c1-9-14-17(26-3-5-28-6-4-26)23-10(2)24-19(14)29-16(9)18(27)25-15-12(20)7-11(21)8-13(15)22/h7-8H,3-6H2,1-2H3,(H,25,27). The van der Waals surface area contributed by atoms with E-state index in [1.165, 1.54) is 11.3 Å². The third-order valence-corrected chi connectivity index (χ3v) is 6.45. The van der Waals surface area contributed by atoms with E-state index < -0.39 is 17.5 Å². The minimum absolute atomic E-state index is 0.107. The van der Waals surface area contributed by atoms with Crippen LogP contribution in [0.5, 0.6) is 0 Å². The maximum absolute atomic E-state index is 14.1. The summed E-state index contributed by atoms with van der Waals surface area (Å²) in [7, 11) is 0. The highest BCUT2D eigenvalue weighted by Crippen LogP contribution is 2.37. The van der Waals surface area contributed by atoms with Crippen molar-refractivity contribution in [2.24, 2.45) is 0 Å². The first kappa shape index (κ1) is 20.1. The van der Waals surface area contributed by atoms with E-state index in [0.717, 1.165) is 28.9 Å². The van der Waals surface area contributed by atoms with Crippen molar-refractivity contribution in [2.75, 3.05) is 36.5 Å². The molecular weight excluding hydrogens is 466 g/mol. The first-order valence-electron chi connectivity index (χ1n) is 8.91. The van der Waals surface area contributed by atoms with Crippen LogP contribution in [0.3, 0.4) is 0 Å². The molecule has 1 N–H and O–H groups in total. The first-order chi connectivity index (χ1) is 13.8. The molecule has 152 valence electrons. The molecule has 1 aliphatic heterocycles. The molecule has 4 rings (SSSR count). The summed E-state index contributed by atoms with van der Waals surface area (Å²) < 4.78 is 33.0. The molecule has 1 amide bonds. The summed E-state index contributed by atoms with van der Waals surface area (Å²) in [6.45, 7) is 6.26.